The molecule has 20 heavy (non-hydrogen) atoms. The minimum absolute atomic E-state index is 0.325. The van der Waals surface area contributed by atoms with Crippen molar-refractivity contribution in [3.05, 3.63) is 35.9 Å². The minimum atomic E-state index is -0.325. The molecule has 1 aromatic rings. The lowest BCUT2D eigenvalue weighted by Crippen LogP contribution is -2.56. The van der Waals surface area contributed by atoms with E-state index in [2.05, 4.69) is 36.1 Å². The van der Waals surface area contributed by atoms with Gasteiger partial charge in [-0.05, 0) is 43.7 Å². The van der Waals surface area contributed by atoms with Gasteiger partial charge in [0, 0.05) is 13.0 Å². The second kappa shape index (κ2) is 5.69. The quantitative estimate of drug-likeness (QED) is 0.816. The summed E-state index contributed by atoms with van der Waals surface area (Å²) in [5, 5.41) is 0. The molecule has 1 saturated heterocycles. The van der Waals surface area contributed by atoms with Crippen molar-refractivity contribution in [2.24, 2.45) is 5.92 Å². The van der Waals surface area contributed by atoms with Crippen molar-refractivity contribution in [1.29, 1.82) is 0 Å². The molecule has 1 heterocycles. The Morgan fingerprint density at radius 1 is 1.15 bits per heavy atom. The van der Waals surface area contributed by atoms with Gasteiger partial charge in [-0.25, -0.2) is 0 Å². The van der Waals surface area contributed by atoms with Crippen LogP contribution in [0.25, 0.3) is 0 Å². The molecule has 2 fully saturated rings. The average Bonchev–Trinajstić information content (AvgIpc) is 2.49. The largest absolute Gasteiger partial charge is 0.297 e. The standard InChI is InChI=1S/C18H25NO/c1-15-8-7-13-19(14-15)18(12-6-5-11-17(18)20)16-9-3-2-4-10-16/h2-4,9-10,15H,5-8,11-14H2,1H3. The van der Waals surface area contributed by atoms with Crippen LogP contribution in [-0.2, 0) is 10.3 Å². The van der Waals surface area contributed by atoms with E-state index in [0.29, 0.717) is 11.7 Å². The van der Waals surface area contributed by atoms with Crippen LogP contribution in [0.15, 0.2) is 30.3 Å². The molecule has 1 aliphatic carbocycles. The van der Waals surface area contributed by atoms with Gasteiger partial charge in [-0.2, -0.15) is 0 Å². The highest BCUT2D eigenvalue weighted by atomic mass is 16.1. The number of benzene rings is 1. The van der Waals surface area contributed by atoms with Crippen LogP contribution in [0, 0.1) is 5.92 Å². The van der Waals surface area contributed by atoms with E-state index in [9.17, 15) is 4.79 Å². The van der Waals surface area contributed by atoms with Crippen molar-refractivity contribution in [1.82, 2.24) is 4.90 Å². The molecule has 2 unspecified atom stereocenters. The van der Waals surface area contributed by atoms with Crippen LogP contribution in [-0.4, -0.2) is 23.8 Å². The molecule has 1 saturated carbocycles. The van der Waals surface area contributed by atoms with Gasteiger partial charge in [0.1, 0.15) is 5.54 Å². The monoisotopic (exact) mass is 271 g/mol. The van der Waals surface area contributed by atoms with Gasteiger partial charge in [-0.15, -0.1) is 0 Å². The van der Waals surface area contributed by atoms with Crippen LogP contribution in [0.4, 0.5) is 0 Å². The van der Waals surface area contributed by atoms with Crippen molar-refractivity contribution < 1.29 is 4.79 Å². The third-order valence-electron chi connectivity index (χ3n) is 5.10. The molecule has 1 aromatic carbocycles. The Hall–Kier alpha value is -1.15. The number of carbonyl (C=O) groups excluding carboxylic acids is 1. The lowest BCUT2D eigenvalue weighted by molar-refractivity contribution is -0.137. The van der Waals surface area contributed by atoms with E-state index in [0.717, 1.165) is 32.4 Å². The fourth-order valence-corrected chi connectivity index (χ4v) is 4.08. The smallest absolute Gasteiger partial charge is 0.157 e. The lowest BCUT2D eigenvalue weighted by atomic mass is 9.73. The summed E-state index contributed by atoms with van der Waals surface area (Å²) in [6.45, 7) is 4.46. The Morgan fingerprint density at radius 3 is 2.65 bits per heavy atom. The Morgan fingerprint density at radius 2 is 1.95 bits per heavy atom. The first-order valence-electron chi connectivity index (χ1n) is 8.07. The maximum Gasteiger partial charge on any atom is 0.157 e. The van der Waals surface area contributed by atoms with Gasteiger partial charge in [0.15, 0.2) is 5.78 Å². The van der Waals surface area contributed by atoms with Crippen LogP contribution in [0.3, 0.4) is 0 Å². The third kappa shape index (κ3) is 2.31. The number of rotatable bonds is 2. The van der Waals surface area contributed by atoms with E-state index in [-0.39, 0.29) is 5.54 Å². The number of ketones is 1. The summed E-state index contributed by atoms with van der Waals surface area (Å²) in [4.78, 5) is 15.4. The van der Waals surface area contributed by atoms with Crippen LogP contribution in [0.2, 0.25) is 0 Å². The Balaban J connectivity index is 2.01. The molecule has 0 N–H and O–H groups in total. The first-order chi connectivity index (χ1) is 9.73. The predicted molar refractivity (Wildman–Crippen MR) is 81.6 cm³/mol. The number of hydrogen-bond donors (Lipinski definition) is 0. The van der Waals surface area contributed by atoms with Gasteiger partial charge in [0.2, 0.25) is 0 Å². The van der Waals surface area contributed by atoms with Crippen LogP contribution in [0.1, 0.15) is 51.0 Å². The van der Waals surface area contributed by atoms with Crippen molar-refractivity contribution in [2.45, 2.75) is 51.0 Å². The van der Waals surface area contributed by atoms with E-state index < -0.39 is 0 Å². The van der Waals surface area contributed by atoms with Crippen LogP contribution < -0.4 is 0 Å². The summed E-state index contributed by atoms with van der Waals surface area (Å²) in [5.41, 5.74) is 0.896. The Bertz CT molecular complexity index is 470. The van der Waals surface area contributed by atoms with E-state index in [1.807, 2.05) is 6.07 Å². The summed E-state index contributed by atoms with van der Waals surface area (Å²) in [7, 11) is 0. The number of carbonyl (C=O) groups is 1. The van der Waals surface area contributed by atoms with Gasteiger partial charge >= 0.3 is 0 Å². The molecule has 0 spiro atoms. The number of likely N-dealkylation sites (tertiary alicyclic amines) is 1. The molecule has 108 valence electrons. The number of hydrogen-bond acceptors (Lipinski definition) is 2. The Labute approximate surface area is 122 Å². The minimum Gasteiger partial charge on any atom is -0.297 e. The first kappa shape index (κ1) is 13.8. The molecular formula is C18H25NO. The molecule has 2 nitrogen and oxygen atoms in total. The molecule has 2 aliphatic rings. The van der Waals surface area contributed by atoms with E-state index in [1.54, 1.807) is 0 Å². The SMILES string of the molecule is CC1CCCN(C2(c3ccccc3)CCCCC2=O)C1. The van der Waals surface area contributed by atoms with Crippen molar-refractivity contribution in [3.8, 4) is 0 Å². The number of Topliss-reactive ketones (excluding diaryl/α,β-unsaturated/α-hetero) is 1. The van der Waals surface area contributed by atoms with Crippen LogP contribution >= 0.6 is 0 Å². The maximum absolute atomic E-state index is 12.9. The Kier molecular flexibility index (Phi) is 3.93. The second-order valence-corrected chi connectivity index (χ2v) is 6.55. The summed E-state index contributed by atoms with van der Waals surface area (Å²) in [6.07, 6.45) is 6.52. The van der Waals surface area contributed by atoms with Crippen molar-refractivity contribution in [2.75, 3.05) is 13.1 Å². The normalized spacial score (nSPS) is 32.2. The second-order valence-electron chi connectivity index (χ2n) is 6.55. The van der Waals surface area contributed by atoms with Gasteiger partial charge in [-0.3, -0.25) is 9.69 Å². The molecule has 2 heteroatoms. The number of nitrogens with zero attached hydrogens (tertiary/aromatic N) is 1. The first-order valence-corrected chi connectivity index (χ1v) is 8.07. The molecule has 2 atom stereocenters. The highest BCUT2D eigenvalue weighted by molar-refractivity contribution is 5.90. The number of piperidine rings is 1. The highest BCUT2D eigenvalue weighted by Gasteiger charge is 2.46. The topological polar surface area (TPSA) is 20.3 Å². The van der Waals surface area contributed by atoms with Gasteiger partial charge in [-0.1, -0.05) is 43.7 Å². The van der Waals surface area contributed by atoms with Gasteiger partial charge in [0.05, 0.1) is 0 Å². The average molecular weight is 271 g/mol. The summed E-state index contributed by atoms with van der Waals surface area (Å²) in [5.74, 6) is 1.16. The zero-order valence-electron chi connectivity index (χ0n) is 12.5. The summed E-state index contributed by atoms with van der Waals surface area (Å²) < 4.78 is 0. The lowest BCUT2D eigenvalue weighted by Gasteiger charge is -2.48. The summed E-state index contributed by atoms with van der Waals surface area (Å²) in [6, 6.07) is 10.5. The molecule has 1 aliphatic heterocycles. The van der Waals surface area contributed by atoms with Gasteiger partial charge in [0.25, 0.3) is 0 Å². The third-order valence-corrected chi connectivity index (χ3v) is 5.10. The zero-order chi connectivity index (χ0) is 14.0. The highest BCUT2D eigenvalue weighted by Crippen LogP contribution is 2.41. The molecule has 0 aromatic heterocycles. The molecule has 0 radical (unpaired) electrons. The van der Waals surface area contributed by atoms with E-state index in [1.165, 1.54) is 24.8 Å². The fraction of sp³-hybridized carbons (Fsp3) is 0.611. The predicted octanol–water partition coefficient (Wildman–Crippen LogP) is 3.76. The molecule has 3 rings (SSSR count). The fourth-order valence-electron chi connectivity index (χ4n) is 4.08. The summed E-state index contributed by atoms with van der Waals surface area (Å²) >= 11 is 0. The van der Waals surface area contributed by atoms with Crippen molar-refractivity contribution >= 4 is 5.78 Å². The molecule has 0 bridgehead atoms. The maximum atomic E-state index is 12.9. The molecule has 0 amide bonds. The van der Waals surface area contributed by atoms with E-state index >= 15 is 0 Å². The van der Waals surface area contributed by atoms with Crippen LogP contribution in [0.5, 0.6) is 0 Å². The van der Waals surface area contributed by atoms with Gasteiger partial charge < -0.3 is 0 Å². The van der Waals surface area contributed by atoms with Crippen molar-refractivity contribution in [3.63, 3.8) is 0 Å². The molecular weight excluding hydrogens is 246 g/mol. The van der Waals surface area contributed by atoms with E-state index in [4.69, 9.17) is 0 Å². The zero-order valence-corrected chi connectivity index (χ0v) is 12.5.